The van der Waals surface area contributed by atoms with Gasteiger partial charge in [-0.25, -0.2) is 4.79 Å². The Balaban J connectivity index is 0.00000162. The van der Waals surface area contributed by atoms with Gasteiger partial charge in [0, 0.05) is 6.54 Å². The van der Waals surface area contributed by atoms with E-state index in [9.17, 15) is 4.79 Å². The number of aromatic carboxylic acids is 1. The molecule has 3 nitrogen and oxygen atoms in total. The summed E-state index contributed by atoms with van der Waals surface area (Å²) in [6.45, 7) is 0.479. The van der Waals surface area contributed by atoms with Crippen LogP contribution < -0.4 is 5.73 Å². The highest BCUT2D eigenvalue weighted by Gasteiger charge is 2.04. The molecule has 0 amide bonds. The summed E-state index contributed by atoms with van der Waals surface area (Å²) >= 11 is 0. The number of nitrogens with two attached hydrogens (primary N) is 1. The van der Waals surface area contributed by atoms with Gasteiger partial charge in [-0.05, 0) is 34.9 Å². The Labute approximate surface area is 112 Å². The maximum Gasteiger partial charge on any atom is 0.335 e. The molecule has 0 saturated carbocycles. The third kappa shape index (κ3) is 3.09. The Morgan fingerprint density at radius 2 is 1.67 bits per heavy atom. The van der Waals surface area contributed by atoms with Crippen LogP contribution in [0.5, 0.6) is 0 Å². The second-order valence-corrected chi connectivity index (χ2v) is 3.79. The van der Waals surface area contributed by atoms with E-state index in [2.05, 4.69) is 0 Å². The minimum atomic E-state index is -0.915. The number of rotatable bonds is 3. The molecule has 0 aromatic heterocycles. The second-order valence-electron chi connectivity index (χ2n) is 3.79. The van der Waals surface area contributed by atoms with Crippen molar-refractivity contribution in [2.45, 2.75) is 6.54 Å². The van der Waals surface area contributed by atoms with Gasteiger partial charge in [0.2, 0.25) is 0 Å². The van der Waals surface area contributed by atoms with Gasteiger partial charge < -0.3 is 10.8 Å². The van der Waals surface area contributed by atoms with E-state index < -0.39 is 5.97 Å². The van der Waals surface area contributed by atoms with Crippen molar-refractivity contribution < 1.29 is 9.90 Å². The van der Waals surface area contributed by atoms with Gasteiger partial charge in [0.05, 0.1) is 5.56 Å². The fraction of sp³-hybridized carbons (Fsp3) is 0.0714. The van der Waals surface area contributed by atoms with Crippen molar-refractivity contribution in [2.24, 2.45) is 5.73 Å². The maximum atomic E-state index is 10.9. The normalized spacial score (nSPS) is 9.61. The molecule has 3 N–H and O–H groups in total. The van der Waals surface area contributed by atoms with Crippen LogP contribution in [0.3, 0.4) is 0 Å². The minimum absolute atomic E-state index is 0. The first-order chi connectivity index (χ1) is 8.20. The summed E-state index contributed by atoms with van der Waals surface area (Å²) in [5, 5.41) is 8.94. The van der Waals surface area contributed by atoms with Gasteiger partial charge in [-0.2, -0.15) is 0 Å². The Kier molecular flexibility index (Phi) is 4.89. The summed E-state index contributed by atoms with van der Waals surface area (Å²) in [6, 6.07) is 14.7. The highest BCUT2D eigenvalue weighted by Crippen LogP contribution is 2.21. The molecule has 0 spiro atoms. The molecule has 2 aromatic rings. The number of benzene rings is 2. The van der Waals surface area contributed by atoms with Gasteiger partial charge in [-0.15, -0.1) is 12.4 Å². The smallest absolute Gasteiger partial charge is 0.335 e. The van der Waals surface area contributed by atoms with Gasteiger partial charge in [0.1, 0.15) is 0 Å². The minimum Gasteiger partial charge on any atom is -0.478 e. The van der Waals surface area contributed by atoms with E-state index in [1.54, 1.807) is 18.2 Å². The van der Waals surface area contributed by atoms with Crippen LogP contribution in [0.2, 0.25) is 0 Å². The van der Waals surface area contributed by atoms with Crippen molar-refractivity contribution in [2.75, 3.05) is 0 Å². The summed E-state index contributed by atoms with van der Waals surface area (Å²) in [6.07, 6.45) is 0. The first kappa shape index (κ1) is 14.2. The van der Waals surface area contributed by atoms with Crippen molar-refractivity contribution in [3.8, 4) is 11.1 Å². The van der Waals surface area contributed by atoms with E-state index in [0.717, 1.165) is 16.7 Å². The third-order valence-corrected chi connectivity index (χ3v) is 2.61. The standard InChI is InChI=1S/C14H13NO2.ClH/c15-9-10-3-1-4-11(7-10)12-5-2-6-13(8-12)14(16)17;/h1-8H,9,15H2,(H,16,17);1H. The van der Waals surface area contributed by atoms with Crippen LogP contribution in [0.25, 0.3) is 11.1 Å². The van der Waals surface area contributed by atoms with Gasteiger partial charge in [0.25, 0.3) is 0 Å². The van der Waals surface area contributed by atoms with Crippen LogP contribution >= 0.6 is 12.4 Å². The zero-order chi connectivity index (χ0) is 12.3. The molecular formula is C14H14ClNO2. The molecule has 0 fully saturated rings. The van der Waals surface area contributed by atoms with Gasteiger partial charge >= 0.3 is 5.97 Å². The van der Waals surface area contributed by atoms with Crippen molar-refractivity contribution in [1.29, 1.82) is 0 Å². The van der Waals surface area contributed by atoms with Crippen molar-refractivity contribution in [3.63, 3.8) is 0 Å². The SMILES string of the molecule is Cl.NCc1cccc(-c2cccc(C(=O)O)c2)c1. The van der Waals surface area contributed by atoms with Crippen LogP contribution in [0.15, 0.2) is 48.5 Å². The molecule has 0 saturated heterocycles. The van der Waals surface area contributed by atoms with Crippen molar-refractivity contribution in [1.82, 2.24) is 0 Å². The lowest BCUT2D eigenvalue weighted by Crippen LogP contribution is -1.97. The number of hydrogen-bond donors (Lipinski definition) is 2. The fourth-order valence-corrected chi connectivity index (χ4v) is 1.71. The largest absolute Gasteiger partial charge is 0.478 e. The van der Waals surface area contributed by atoms with Crippen LogP contribution in [-0.2, 0) is 6.54 Å². The lowest BCUT2D eigenvalue weighted by atomic mass is 10.0. The average molecular weight is 264 g/mol. The van der Waals surface area contributed by atoms with Crippen LogP contribution in [0.4, 0.5) is 0 Å². The molecule has 2 aromatic carbocycles. The molecule has 0 aliphatic rings. The zero-order valence-corrected chi connectivity index (χ0v) is 10.5. The lowest BCUT2D eigenvalue weighted by molar-refractivity contribution is 0.0697. The Bertz CT molecular complexity index is 555. The predicted octanol–water partition coefficient (Wildman–Crippen LogP) is 2.93. The van der Waals surface area contributed by atoms with E-state index >= 15 is 0 Å². The van der Waals surface area contributed by atoms with Gasteiger partial charge in [0.15, 0.2) is 0 Å². The topological polar surface area (TPSA) is 63.3 Å². The highest BCUT2D eigenvalue weighted by atomic mass is 35.5. The molecular weight excluding hydrogens is 250 g/mol. The highest BCUT2D eigenvalue weighted by molar-refractivity contribution is 5.89. The van der Waals surface area contributed by atoms with E-state index in [1.807, 2.05) is 30.3 Å². The summed E-state index contributed by atoms with van der Waals surface area (Å²) < 4.78 is 0. The van der Waals surface area contributed by atoms with E-state index in [1.165, 1.54) is 0 Å². The molecule has 0 aliphatic heterocycles. The van der Waals surface area contributed by atoms with E-state index in [0.29, 0.717) is 12.1 Å². The molecule has 18 heavy (non-hydrogen) atoms. The summed E-state index contributed by atoms with van der Waals surface area (Å²) in [5.74, 6) is -0.915. The molecule has 0 aliphatic carbocycles. The molecule has 0 atom stereocenters. The predicted molar refractivity (Wildman–Crippen MR) is 74.0 cm³/mol. The molecule has 94 valence electrons. The number of carboxylic acids is 1. The molecule has 4 heteroatoms. The summed E-state index contributed by atoms with van der Waals surface area (Å²) in [4.78, 5) is 10.9. The van der Waals surface area contributed by atoms with Crippen LogP contribution in [0.1, 0.15) is 15.9 Å². The Morgan fingerprint density at radius 1 is 1.06 bits per heavy atom. The summed E-state index contributed by atoms with van der Waals surface area (Å²) in [7, 11) is 0. The number of hydrogen-bond acceptors (Lipinski definition) is 2. The third-order valence-electron chi connectivity index (χ3n) is 2.61. The van der Waals surface area contributed by atoms with Gasteiger partial charge in [-0.3, -0.25) is 0 Å². The van der Waals surface area contributed by atoms with E-state index in [4.69, 9.17) is 10.8 Å². The van der Waals surface area contributed by atoms with E-state index in [-0.39, 0.29) is 12.4 Å². The second kappa shape index (κ2) is 6.19. The fourth-order valence-electron chi connectivity index (χ4n) is 1.71. The lowest BCUT2D eigenvalue weighted by Gasteiger charge is -2.05. The first-order valence-corrected chi connectivity index (χ1v) is 5.33. The average Bonchev–Trinajstić information content (AvgIpc) is 2.39. The monoisotopic (exact) mass is 263 g/mol. The van der Waals surface area contributed by atoms with Gasteiger partial charge in [-0.1, -0.05) is 30.3 Å². The molecule has 0 radical (unpaired) electrons. The zero-order valence-electron chi connectivity index (χ0n) is 9.67. The quantitative estimate of drug-likeness (QED) is 0.895. The number of halogens is 1. The van der Waals surface area contributed by atoms with Crippen LogP contribution in [-0.4, -0.2) is 11.1 Å². The first-order valence-electron chi connectivity index (χ1n) is 5.33. The van der Waals surface area contributed by atoms with Crippen molar-refractivity contribution in [3.05, 3.63) is 59.7 Å². The Morgan fingerprint density at radius 3 is 2.28 bits per heavy atom. The summed E-state index contributed by atoms with van der Waals surface area (Å²) in [5.41, 5.74) is 8.78. The Hall–Kier alpha value is -1.84. The molecule has 0 unspecified atom stereocenters. The molecule has 0 bridgehead atoms. The number of carboxylic acid groups (broad SMARTS) is 1. The van der Waals surface area contributed by atoms with Crippen LogP contribution in [0, 0.1) is 0 Å². The number of carbonyl (C=O) groups is 1. The van der Waals surface area contributed by atoms with Crippen molar-refractivity contribution >= 4 is 18.4 Å². The molecule has 2 rings (SSSR count). The molecule has 0 heterocycles. The maximum absolute atomic E-state index is 10.9.